The Bertz CT molecular complexity index is 2720. The van der Waals surface area contributed by atoms with Gasteiger partial charge in [-0.3, -0.25) is 0 Å². The fourth-order valence-electron chi connectivity index (χ4n) is 17.8. The summed E-state index contributed by atoms with van der Waals surface area (Å²) in [6.07, 6.45) is -33.9. The second kappa shape index (κ2) is 26.7. The lowest BCUT2D eigenvalue weighted by Crippen LogP contribution is -2.72. The minimum absolute atomic E-state index is 0.0434. The number of carbonyl (C=O) groups excluding carboxylic acids is 2. The van der Waals surface area contributed by atoms with Crippen LogP contribution in [-0.2, 0) is 61.8 Å². The number of hydrogen-bond acceptors (Lipinski definition) is 26. The molecular formula is C64H100O27. The van der Waals surface area contributed by atoms with E-state index >= 15 is 0 Å². The molecule has 27 nitrogen and oxygen atoms in total. The second-order valence-corrected chi connectivity index (χ2v) is 29.3. The molecule has 4 heterocycles. The number of carboxylic acids is 1. The van der Waals surface area contributed by atoms with Crippen molar-refractivity contribution in [3.8, 4) is 0 Å². The third-order valence-corrected chi connectivity index (χ3v) is 23.7. The average Bonchev–Trinajstić information content (AvgIpc) is 0.670. The molecule has 518 valence electrons. The van der Waals surface area contributed by atoms with E-state index in [1.807, 2.05) is 27.7 Å². The molecule has 9 aliphatic rings. The number of carbonyl (C=O) groups is 3. The number of fused-ring (bicyclic) bond motifs is 7. The van der Waals surface area contributed by atoms with E-state index in [0.29, 0.717) is 49.7 Å². The van der Waals surface area contributed by atoms with Crippen LogP contribution < -0.4 is 0 Å². The van der Waals surface area contributed by atoms with Gasteiger partial charge in [0.15, 0.2) is 37.4 Å². The Balaban J connectivity index is 1.05. The van der Waals surface area contributed by atoms with Crippen LogP contribution in [0.5, 0.6) is 0 Å². The Morgan fingerprint density at radius 3 is 1.68 bits per heavy atom. The second-order valence-electron chi connectivity index (χ2n) is 29.3. The van der Waals surface area contributed by atoms with Gasteiger partial charge < -0.3 is 119 Å². The highest BCUT2D eigenvalue weighted by molar-refractivity contribution is 5.89. The molecule has 0 spiro atoms. The molecule has 9 rings (SSSR count). The maximum absolute atomic E-state index is 13.9. The van der Waals surface area contributed by atoms with Crippen molar-refractivity contribution in [1.29, 1.82) is 0 Å². The van der Waals surface area contributed by atoms with Crippen molar-refractivity contribution in [3.05, 3.63) is 34.9 Å². The van der Waals surface area contributed by atoms with E-state index < -0.39 is 223 Å². The lowest BCUT2D eigenvalue weighted by atomic mass is 9.33. The van der Waals surface area contributed by atoms with Gasteiger partial charge in [-0.2, -0.15) is 0 Å². The van der Waals surface area contributed by atoms with Crippen LogP contribution in [0.1, 0.15) is 128 Å². The third-order valence-electron chi connectivity index (χ3n) is 23.7. The Morgan fingerprint density at radius 1 is 0.582 bits per heavy atom. The van der Waals surface area contributed by atoms with E-state index in [0.717, 1.165) is 5.57 Å². The molecule has 14 N–H and O–H groups in total. The summed E-state index contributed by atoms with van der Waals surface area (Å²) in [6, 6.07) is 0. The predicted molar refractivity (Wildman–Crippen MR) is 313 cm³/mol. The lowest BCUT2D eigenvalue weighted by Gasteiger charge is -2.72. The largest absolute Gasteiger partial charge is 0.479 e. The zero-order valence-corrected chi connectivity index (χ0v) is 54.0. The number of rotatable bonds is 16. The maximum Gasteiger partial charge on any atom is 0.335 e. The molecule has 4 saturated carbocycles. The Hall–Kier alpha value is -3.21. The summed E-state index contributed by atoms with van der Waals surface area (Å²) < 4.78 is 61.9. The summed E-state index contributed by atoms with van der Waals surface area (Å²) >= 11 is 0. The van der Waals surface area contributed by atoms with Gasteiger partial charge in [0, 0.05) is 16.6 Å². The number of carboxylic acid groups (broad SMARTS) is 1. The first kappa shape index (κ1) is 72.1. The highest BCUT2D eigenvalue weighted by Crippen LogP contribution is 2.76. The first-order valence-electron chi connectivity index (χ1n) is 32.0. The summed E-state index contributed by atoms with van der Waals surface area (Å²) in [5.41, 5.74) is -3.17. The van der Waals surface area contributed by atoms with Crippen molar-refractivity contribution in [2.45, 2.75) is 275 Å². The molecule has 0 radical (unpaired) electrons. The number of aliphatic hydroxyl groups is 13. The summed E-state index contributed by atoms with van der Waals surface area (Å²) in [6.45, 7) is 20.2. The molecule has 0 aromatic heterocycles. The van der Waals surface area contributed by atoms with Crippen LogP contribution >= 0.6 is 0 Å². The fraction of sp³-hybridized carbons (Fsp3) is 0.859. The number of hydrogen-bond donors (Lipinski definition) is 14. The minimum atomic E-state index is -2.29. The highest BCUT2D eigenvalue weighted by atomic mass is 16.8. The summed E-state index contributed by atoms with van der Waals surface area (Å²) in [5, 5.41) is 156. The molecule has 0 bridgehead atoms. The predicted octanol–water partition coefficient (Wildman–Crippen LogP) is -0.495. The van der Waals surface area contributed by atoms with Crippen LogP contribution in [0.4, 0.5) is 0 Å². The van der Waals surface area contributed by atoms with E-state index in [2.05, 4.69) is 26.8 Å². The van der Waals surface area contributed by atoms with Gasteiger partial charge in [0.2, 0.25) is 0 Å². The lowest BCUT2D eigenvalue weighted by molar-refractivity contribution is -0.406. The first-order valence-corrected chi connectivity index (χ1v) is 32.0. The number of aliphatic carboxylic acids is 1. The minimum Gasteiger partial charge on any atom is -0.479 e. The standard InChI is InChI=1S/C64H100O27/c1-13-26(3)53(80)90-50-51(91-54(81)27(4)14-2)64(25-67)30(21-59(50,6)7)29-15-16-34-61(10)19-18-36(60(8,9)33(61)17-20-62(34,11)63(29,12)22-35(64)68)85-58-49(89-56-44(76)41(73)38(70)31(23-65)83-56)46(45(77)47(87-58)52(78)79)86-57-48(42(74)39(71)32(24-66)84-57)88-55-43(75)40(72)37(69)28(5)82-55/h13-15,28,30-51,55-58,65-77H,16-25H2,1-12H3,(H,78,79)/b26-13+,27-14+/t28-,30?,31+,32+,33?,34?,35+,36-,37-,38-,39-,40+,41-,42-,43+,44+,45-,46-,47-,48+,49+,50?,51-,55-,56-,57-,58+,61-,62+,63+,64-/m0/s1. The molecular weight excluding hydrogens is 1200 g/mol. The summed E-state index contributed by atoms with van der Waals surface area (Å²) in [4.78, 5) is 40.8. The Labute approximate surface area is 529 Å². The van der Waals surface area contributed by atoms with Gasteiger partial charge in [0.05, 0.1) is 43.5 Å². The number of allylic oxidation sites excluding steroid dienone is 4. The topological polar surface area (TPSA) is 427 Å². The molecule has 0 aromatic carbocycles. The quantitative estimate of drug-likeness (QED) is 0.0401. The van der Waals surface area contributed by atoms with Crippen LogP contribution in [0, 0.1) is 50.2 Å². The molecule has 8 fully saturated rings. The van der Waals surface area contributed by atoms with Crippen LogP contribution in [0.15, 0.2) is 34.9 Å². The van der Waals surface area contributed by atoms with Gasteiger partial charge in [-0.05, 0) is 119 Å². The van der Waals surface area contributed by atoms with Crippen molar-refractivity contribution < 1.29 is 133 Å². The normalized spacial score (nSPS) is 49.8. The average molecular weight is 1300 g/mol. The van der Waals surface area contributed by atoms with Crippen LogP contribution in [-0.4, -0.2) is 256 Å². The Morgan fingerprint density at radius 2 is 1.11 bits per heavy atom. The van der Waals surface area contributed by atoms with Crippen LogP contribution in [0.2, 0.25) is 0 Å². The molecule has 0 amide bonds. The van der Waals surface area contributed by atoms with Crippen molar-refractivity contribution in [2.75, 3.05) is 19.8 Å². The van der Waals surface area contributed by atoms with Crippen LogP contribution in [0.25, 0.3) is 0 Å². The van der Waals surface area contributed by atoms with Gasteiger partial charge in [-0.1, -0.05) is 72.3 Å². The van der Waals surface area contributed by atoms with E-state index in [-0.39, 0.29) is 18.3 Å². The van der Waals surface area contributed by atoms with Crippen LogP contribution in [0.3, 0.4) is 0 Å². The molecule has 31 atom stereocenters. The summed E-state index contributed by atoms with van der Waals surface area (Å²) in [7, 11) is 0. The third kappa shape index (κ3) is 12.0. The van der Waals surface area contributed by atoms with Crippen molar-refractivity contribution in [2.24, 2.45) is 50.2 Å². The van der Waals surface area contributed by atoms with Crippen molar-refractivity contribution in [1.82, 2.24) is 0 Å². The van der Waals surface area contributed by atoms with E-state index in [4.69, 9.17) is 47.4 Å². The van der Waals surface area contributed by atoms with E-state index in [9.17, 15) is 85.9 Å². The van der Waals surface area contributed by atoms with Gasteiger partial charge >= 0.3 is 17.9 Å². The van der Waals surface area contributed by atoms with Crippen molar-refractivity contribution >= 4 is 17.9 Å². The van der Waals surface area contributed by atoms with Gasteiger partial charge in [-0.25, -0.2) is 14.4 Å². The van der Waals surface area contributed by atoms with E-state index in [1.54, 1.807) is 39.8 Å². The summed E-state index contributed by atoms with van der Waals surface area (Å²) in [5.74, 6) is -3.74. The monoisotopic (exact) mass is 1300 g/mol. The van der Waals surface area contributed by atoms with Crippen molar-refractivity contribution in [3.63, 3.8) is 0 Å². The van der Waals surface area contributed by atoms with Gasteiger partial charge in [0.1, 0.15) is 91.6 Å². The number of esters is 2. The zero-order valence-electron chi connectivity index (χ0n) is 54.0. The molecule has 27 heteroatoms. The highest BCUT2D eigenvalue weighted by Gasteiger charge is 2.74. The smallest absolute Gasteiger partial charge is 0.335 e. The first-order chi connectivity index (χ1) is 42.5. The number of ether oxygens (including phenoxy) is 10. The number of aliphatic hydroxyl groups excluding tert-OH is 13. The molecule has 0 aromatic rings. The zero-order chi connectivity index (χ0) is 67.3. The molecule has 91 heavy (non-hydrogen) atoms. The molecule has 4 unspecified atom stereocenters. The Kier molecular flexibility index (Phi) is 21.1. The van der Waals surface area contributed by atoms with Gasteiger partial charge in [-0.15, -0.1) is 0 Å². The molecule has 5 aliphatic carbocycles. The van der Waals surface area contributed by atoms with E-state index in [1.165, 1.54) is 6.92 Å². The molecule has 4 saturated heterocycles. The SMILES string of the molecule is C/C=C(\C)C(=O)OC1[C@H](OC(=O)/C(C)=C/C)[C@@]2(CO)C(CC1(C)C)C1=CCC3[C@@]4(C)CC[C@H](O[C@@H]5O[C@H](C(=O)O)[C@@H](O)[C@H](O[C@@H]6O[C@H](CO)[C@H](O)[C@H](O)[C@H]6O[C@@H]6O[C@@H](C)[C@H](O)[C@@H](O)[C@H]6O)[C@H]5O[C@@H]5O[C@H](CO)[C@H](O)[C@H](O)[C@H]5O)C(C)(C)C4CC[C@@]3(C)[C@]1(C)C[C@H]2O. The maximum atomic E-state index is 13.9. The molecule has 4 aliphatic heterocycles. The van der Waals surface area contributed by atoms with Gasteiger partial charge in [0.25, 0.3) is 0 Å². The fourth-order valence-corrected chi connectivity index (χ4v) is 17.8.